The molecule has 4 aromatic carbocycles. The topological polar surface area (TPSA) is 313 Å². The van der Waals surface area contributed by atoms with Gasteiger partial charge in [-0.25, -0.2) is 56.5 Å². The monoisotopic (exact) mass is 1380 g/mol. The van der Waals surface area contributed by atoms with E-state index in [1.54, 1.807) is 76.1 Å². The van der Waals surface area contributed by atoms with Gasteiger partial charge in [-0.05, 0) is 98.2 Å². The first-order chi connectivity index (χ1) is 44.5. The second-order valence-electron chi connectivity index (χ2n) is 22.5. The van der Waals surface area contributed by atoms with Crippen molar-refractivity contribution in [1.82, 2.24) is 53.0 Å². The summed E-state index contributed by atoms with van der Waals surface area (Å²) in [6.45, 7) is 5.35. The van der Waals surface area contributed by atoms with Crippen molar-refractivity contribution in [1.29, 1.82) is 0 Å². The van der Waals surface area contributed by atoms with Crippen molar-refractivity contribution in [2.75, 3.05) is 63.4 Å². The predicted molar refractivity (Wildman–Crippen MR) is 349 cm³/mol. The van der Waals surface area contributed by atoms with E-state index in [9.17, 15) is 41.1 Å². The number of nitrogens with two attached hydrogens (primary N) is 1. The first-order valence-corrected chi connectivity index (χ1v) is 33.5. The van der Waals surface area contributed by atoms with Crippen molar-refractivity contribution in [2.45, 2.75) is 85.6 Å². The molecule has 4 N–H and O–H groups in total. The molecule has 0 bridgehead atoms. The number of rotatable bonds is 19. The molecule has 93 heavy (non-hydrogen) atoms. The number of hydrogen-bond donors (Lipinski definition) is 3. The summed E-state index contributed by atoms with van der Waals surface area (Å²) >= 11 is 25.2. The molecule has 8 aromatic rings. The normalized spacial score (nSPS) is 19.6. The van der Waals surface area contributed by atoms with Crippen LogP contribution in [0.2, 0.25) is 20.1 Å². The van der Waals surface area contributed by atoms with Crippen molar-refractivity contribution < 1.29 is 50.6 Å². The molecule has 3 amide bonds. The Labute approximate surface area is 556 Å². The van der Waals surface area contributed by atoms with Crippen molar-refractivity contribution in [3.8, 4) is 22.3 Å². The second kappa shape index (κ2) is 28.4. The molecule has 488 valence electrons. The van der Waals surface area contributed by atoms with E-state index in [1.807, 2.05) is 48.5 Å². The number of carboxylic acids is 1. The van der Waals surface area contributed by atoms with E-state index >= 15 is 0 Å². The van der Waals surface area contributed by atoms with Crippen LogP contribution in [0.5, 0.6) is 0 Å². The van der Waals surface area contributed by atoms with Crippen LogP contribution in [0, 0.1) is 0 Å². The minimum absolute atomic E-state index is 0.0444. The van der Waals surface area contributed by atoms with Gasteiger partial charge in [0.15, 0.2) is 10.1 Å². The van der Waals surface area contributed by atoms with E-state index in [0.717, 1.165) is 37.7 Å². The summed E-state index contributed by atoms with van der Waals surface area (Å²) in [5, 5.41) is 13.2. The smallest absolute Gasteiger partial charge is 0.322 e. The average molecular weight is 1390 g/mol. The van der Waals surface area contributed by atoms with Crippen molar-refractivity contribution in [3.05, 3.63) is 166 Å². The number of imidazole rings is 2. The summed E-state index contributed by atoms with van der Waals surface area (Å²) in [7, 11) is -5.51. The van der Waals surface area contributed by atoms with Crippen molar-refractivity contribution in [3.63, 3.8) is 0 Å². The van der Waals surface area contributed by atoms with Crippen LogP contribution in [0.1, 0.15) is 50.7 Å². The zero-order valence-electron chi connectivity index (χ0n) is 50.6. The standard InChI is InChI=1S/C31H31Cl2N7O5S.C28H24Cl2N6O5S.C3H9NO/c1-31(15-20-5-7-21(8-6-20)22-16-34-19-35-17-22)29(42)39(25-13-23(32)12-24(33)14-25)30-37-18-27(40(30)31)46(43,44)38-10-3-4-26(38)28(41)36-9-11-45-2;1-28(12-17-4-6-18(7-5-17)19-13-31-16-32-14-19)26(39)35(22-10-20(29)9-21(30)11-22)27-33-15-24(36(27)28)42(40,41)34-8-2-3-23(34)25(37)38;1-5-3-2-4/h5-8,12-14,16-19,26H,3-4,9-11,15H2,1-2H3,(H,36,41);4-7,9-11,13-16,23H,2-3,8,12H2,1H3,(H,37,38);2-4H2,1H3/t26-,31+;23-,28+;/m00./s1. The van der Waals surface area contributed by atoms with Crippen LogP contribution in [0.25, 0.3) is 22.3 Å². The number of nitrogens with one attached hydrogen (secondary N) is 1. The van der Waals surface area contributed by atoms with E-state index in [2.05, 4.69) is 40.0 Å². The molecule has 0 aliphatic carbocycles. The highest BCUT2D eigenvalue weighted by atomic mass is 35.5. The Kier molecular flexibility index (Phi) is 20.8. The largest absolute Gasteiger partial charge is 0.480 e. The Morgan fingerprint density at radius 1 is 0.591 bits per heavy atom. The summed E-state index contributed by atoms with van der Waals surface area (Å²) in [5.41, 5.74) is 7.73. The molecule has 4 aliphatic heterocycles. The van der Waals surface area contributed by atoms with Gasteiger partial charge in [-0.1, -0.05) is 94.9 Å². The number of carbonyl (C=O) groups is 4. The molecule has 4 atom stereocenters. The van der Waals surface area contributed by atoms with E-state index < -0.39 is 66.9 Å². The molecule has 0 spiro atoms. The zero-order valence-corrected chi connectivity index (χ0v) is 55.3. The third-order valence-corrected chi connectivity index (χ3v) is 20.8. The molecule has 0 saturated carbocycles. The third-order valence-electron chi connectivity index (χ3n) is 16.2. The van der Waals surface area contributed by atoms with Gasteiger partial charge in [0, 0.05) is 109 Å². The number of carboxylic acid groups (broad SMARTS) is 1. The SMILES string of the molecule is COCCN.COCCNC(=O)[C@@H]1CCCN1S(=O)(=O)c1cnc2n1[C@](C)(Cc1ccc(-c3cncnc3)cc1)C(=O)N2c1cc(Cl)cc(Cl)c1.C[C@@]1(Cc2ccc(-c3cncnc3)cc2)C(=O)N(c2cc(Cl)cc(Cl)c2)c2ncc(S(=O)(=O)N3CCC[C@H]3C(=O)O)n21. The lowest BCUT2D eigenvalue weighted by molar-refractivity contribution is -0.140. The maximum absolute atomic E-state index is 14.5. The van der Waals surface area contributed by atoms with Gasteiger partial charge in [0.2, 0.25) is 17.8 Å². The fraction of sp³-hybridized carbons (Fsp3) is 0.323. The number of ether oxygens (including phenoxy) is 2. The molecular weight excluding hydrogens is 1320 g/mol. The number of nitrogens with zero attached hydrogens (tertiary/aromatic N) is 12. The number of aromatic nitrogens is 8. The molecule has 8 heterocycles. The maximum atomic E-state index is 14.5. The number of benzene rings is 4. The fourth-order valence-corrected chi connectivity index (χ4v) is 16.6. The molecule has 4 aromatic heterocycles. The maximum Gasteiger partial charge on any atom is 0.322 e. The Bertz CT molecular complexity index is 4270. The van der Waals surface area contributed by atoms with Crippen LogP contribution in [0.15, 0.2) is 145 Å². The molecular formula is C62H64Cl4N14O11S2. The summed E-state index contributed by atoms with van der Waals surface area (Å²) in [6.07, 6.45) is 13.8. The molecule has 25 nitrogen and oxygen atoms in total. The lowest BCUT2D eigenvalue weighted by atomic mass is 9.91. The van der Waals surface area contributed by atoms with Gasteiger partial charge >= 0.3 is 5.97 Å². The first-order valence-electron chi connectivity index (χ1n) is 29.2. The number of hydrogen-bond acceptors (Lipinski definition) is 17. The van der Waals surface area contributed by atoms with Gasteiger partial charge in [0.1, 0.15) is 35.8 Å². The molecule has 2 fully saturated rings. The number of halogens is 4. The zero-order chi connectivity index (χ0) is 66.6. The second-order valence-corrected chi connectivity index (χ2v) is 27.9. The van der Waals surface area contributed by atoms with Crippen molar-refractivity contribution in [2.24, 2.45) is 5.73 Å². The Morgan fingerprint density at radius 2 is 0.978 bits per heavy atom. The minimum Gasteiger partial charge on any atom is -0.480 e. The number of sulfonamides is 2. The van der Waals surface area contributed by atoms with Crippen molar-refractivity contribution >= 4 is 113 Å². The van der Waals surface area contributed by atoms with E-state index in [4.69, 9.17) is 56.9 Å². The summed E-state index contributed by atoms with van der Waals surface area (Å²) in [5.74, 6) is -2.34. The van der Waals surface area contributed by atoms with Gasteiger partial charge in [0.25, 0.3) is 31.9 Å². The first kappa shape index (κ1) is 68.1. The van der Waals surface area contributed by atoms with E-state index in [0.29, 0.717) is 60.4 Å². The number of carbonyl (C=O) groups excluding carboxylic acids is 3. The van der Waals surface area contributed by atoms with Gasteiger partial charge in [-0.3, -0.25) is 28.3 Å². The van der Waals surface area contributed by atoms with Crippen LogP contribution in [-0.4, -0.2) is 159 Å². The van der Waals surface area contributed by atoms with Crippen LogP contribution in [0.3, 0.4) is 0 Å². The Balaban J connectivity index is 0.000000190. The quantitative estimate of drug-likeness (QED) is 0.0641. The third kappa shape index (κ3) is 13.8. The van der Waals surface area contributed by atoms with Crippen LogP contribution in [0.4, 0.5) is 23.3 Å². The molecule has 0 unspecified atom stereocenters. The average Bonchev–Trinajstić information content (AvgIpc) is 1.56. The lowest BCUT2D eigenvalue weighted by Gasteiger charge is -2.29. The number of aliphatic carboxylic acids is 1. The Morgan fingerprint density at radius 3 is 1.34 bits per heavy atom. The molecule has 0 radical (unpaired) electrons. The lowest BCUT2D eigenvalue weighted by Crippen LogP contribution is -2.48. The number of amides is 3. The van der Waals surface area contributed by atoms with E-state index in [1.165, 1.54) is 61.5 Å². The number of methoxy groups -OCH3 is 2. The summed E-state index contributed by atoms with van der Waals surface area (Å²) < 4.78 is 71.3. The molecule has 12 rings (SSSR count). The highest BCUT2D eigenvalue weighted by Crippen LogP contribution is 2.48. The Hall–Kier alpha value is -7.80. The predicted octanol–water partition coefficient (Wildman–Crippen LogP) is 8.31. The molecule has 31 heteroatoms. The minimum atomic E-state index is -4.36. The number of anilines is 4. The van der Waals surface area contributed by atoms with Gasteiger partial charge in [0.05, 0.1) is 37.0 Å². The van der Waals surface area contributed by atoms with Gasteiger partial charge in [-0.15, -0.1) is 0 Å². The number of fused-ring (bicyclic) bond motifs is 2. The summed E-state index contributed by atoms with van der Waals surface area (Å²) in [4.78, 5) is 81.4. The fourth-order valence-electron chi connectivity index (χ4n) is 11.9. The van der Waals surface area contributed by atoms with Crippen LogP contribution >= 0.6 is 46.4 Å². The van der Waals surface area contributed by atoms with Crippen LogP contribution in [-0.2, 0) is 72.6 Å². The highest BCUT2D eigenvalue weighted by Gasteiger charge is 2.55. The highest BCUT2D eigenvalue weighted by molar-refractivity contribution is 7.89. The van der Waals surface area contributed by atoms with Gasteiger partial charge < -0.3 is 25.6 Å². The summed E-state index contributed by atoms with van der Waals surface area (Å²) in [6, 6.07) is 22.2. The van der Waals surface area contributed by atoms with Gasteiger partial charge in [-0.2, -0.15) is 8.61 Å². The molecule has 2 saturated heterocycles. The van der Waals surface area contributed by atoms with Crippen LogP contribution < -0.4 is 20.9 Å². The molecule has 4 aliphatic rings. The van der Waals surface area contributed by atoms with E-state index in [-0.39, 0.29) is 70.9 Å².